The number of aromatic nitrogens is 2. The van der Waals surface area contributed by atoms with Gasteiger partial charge in [-0.05, 0) is 43.1 Å². The van der Waals surface area contributed by atoms with Gasteiger partial charge in [-0.3, -0.25) is 4.79 Å². The van der Waals surface area contributed by atoms with Crippen LogP contribution in [0.1, 0.15) is 39.3 Å². The minimum atomic E-state index is -0.607. The maximum Gasteiger partial charge on any atom is 0.390 e. The quantitative estimate of drug-likeness (QED) is 0.485. The first kappa shape index (κ1) is 18.1. The Morgan fingerprint density at radius 2 is 2.15 bits per heavy atom. The minimum absolute atomic E-state index is 0.178. The molecule has 9 nitrogen and oxygen atoms in total. The number of amides is 1. The number of nitro groups is 1. The Hall–Kier alpha value is -2.75. The summed E-state index contributed by atoms with van der Waals surface area (Å²) in [5, 5.41) is 17.8. The Morgan fingerprint density at radius 1 is 1.42 bits per heavy atom. The SMILES string of the molecule is COC(=O)c1c(NC(=O)Cn2nc([N+](=O)[O-])cc2C)sc2c1CCCC2. The number of esters is 1. The fraction of sp³-hybridized carbons (Fsp3) is 0.438. The monoisotopic (exact) mass is 378 g/mol. The number of ether oxygens (including phenoxy) is 1. The molecule has 1 amide bonds. The third-order valence-electron chi connectivity index (χ3n) is 4.26. The van der Waals surface area contributed by atoms with Crippen LogP contribution in [0, 0.1) is 17.0 Å². The molecule has 26 heavy (non-hydrogen) atoms. The van der Waals surface area contributed by atoms with E-state index in [0.29, 0.717) is 16.3 Å². The highest BCUT2D eigenvalue weighted by Crippen LogP contribution is 2.38. The van der Waals surface area contributed by atoms with Gasteiger partial charge in [-0.15, -0.1) is 11.3 Å². The topological polar surface area (TPSA) is 116 Å². The first-order valence-corrected chi connectivity index (χ1v) is 8.94. The molecule has 0 saturated heterocycles. The van der Waals surface area contributed by atoms with Crippen LogP contribution >= 0.6 is 11.3 Å². The predicted molar refractivity (Wildman–Crippen MR) is 94.5 cm³/mol. The van der Waals surface area contributed by atoms with Crippen LogP contribution < -0.4 is 5.32 Å². The Balaban J connectivity index is 1.82. The summed E-state index contributed by atoms with van der Waals surface area (Å²) < 4.78 is 6.14. The van der Waals surface area contributed by atoms with Crippen molar-refractivity contribution in [2.75, 3.05) is 12.4 Å². The summed E-state index contributed by atoms with van der Waals surface area (Å²) in [7, 11) is 1.31. The summed E-state index contributed by atoms with van der Waals surface area (Å²) in [6.45, 7) is 1.46. The molecule has 0 fully saturated rings. The Morgan fingerprint density at radius 3 is 2.81 bits per heavy atom. The van der Waals surface area contributed by atoms with Crippen molar-refractivity contribution in [3.05, 3.63) is 37.9 Å². The maximum absolute atomic E-state index is 12.4. The van der Waals surface area contributed by atoms with Gasteiger partial charge in [-0.1, -0.05) is 0 Å². The Kier molecular flexibility index (Phi) is 5.03. The zero-order valence-electron chi connectivity index (χ0n) is 14.4. The standard InChI is InChI=1S/C16H18N4O5S/c1-9-7-12(20(23)24)18-19(9)8-13(21)17-15-14(16(22)25-2)10-5-3-4-6-11(10)26-15/h7H,3-6,8H2,1-2H3,(H,17,21). The van der Waals surface area contributed by atoms with Crippen molar-refractivity contribution in [2.24, 2.45) is 0 Å². The summed E-state index contributed by atoms with van der Waals surface area (Å²) in [5.41, 5.74) is 1.88. The molecule has 0 aliphatic heterocycles. The molecule has 10 heteroatoms. The van der Waals surface area contributed by atoms with Crippen LogP contribution in [-0.2, 0) is 28.9 Å². The molecule has 138 valence electrons. The number of aryl methyl sites for hydroxylation is 2. The zero-order valence-corrected chi connectivity index (χ0v) is 15.2. The minimum Gasteiger partial charge on any atom is -0.465 e. The van der Waals surface area contributed by atoms with Crippen molar-refractivity contribution in [2.45, 2.75) is 39.2 Å². The van der Waals surface area contributed by atoms with Crippen LogP contribution in [0.5, 0.6) is 0 Å². The normalized spacial score (nSPS) is 13.2. The maximum atomic E-state index is 12.4. The summed E-state index contributed by atoms with van der Waals surface area (Å²) in [6, 6.07) is 1.30. The van der Waals surface area contributed by atoms with E-state index < -0.39 is 16.8 Å². The number of methoxy groups -OCH3 is 1. The fourth-order valence-corrected chi connectivity index (χ4v) is 4.31. The highest BCUT2D eigenvalue weighted by Gasteiger charge is 2.27. The van der Waals surface area contributed by atoms with E-state index in [1.165, 1.54) is 29.2 Å². The molecule has 0 bridgehead atoms. The first-order chi connectivity index (χ1) is 12.4. The van der Waals surface area contributed by atoms with Gasteiger partial charge in [-0.2, -0.15) is 4.68 Å². The molecule has 1 aliphatic carbocycles. The van der Waals surface area contributed by atoms with Gasteiger partial charge < -0.3 is 20.2 Å². The van der Waals surface area contributed by atoms with Gasteiger partial charge in [0.15, 0.2) is 0 Å². The van der Waals surface area contributed by atoms with Crippen LogP contribution in [0.3, 0.4) is 0 Å². The molecular weight excluding hydrogens is 360 g/mol. The van der Waals surface area contributed by atoms with Crippen LogP contribution in [0.2, 0.25) is 0 Å². The second kappa shape index (κ2) is 7.24. The summed E-state index contributed by atoms with van der Waals surface area (Å²) in [6.07, 6.45) is 3.72. The number of hydrogen-bond acceptors (Lipinski definition) is 7. The lowest BCUT2D eigenvalue weighted by Crippen LogP contribution is -2.21. The van der Waals surface area contributed by atoms with E-state index >= 15 is 0 Å². The van der Waals surface area contributed by atoms with Crippen molar-refractivity contribution in [1.29, 1.82) is 0 Å². The number of carbonyl (C=O) groups excluding carboxylic acids is 2. The highest BCUT2D eigenvalue weighted by molar-refractivity contribution is 7.17. The molecule has 3 rings (SSSR count). The molecule has 0 radical (unpaired) electrons. The number of fused-ring (bicyclic) bond motifs is 1. The molecule has 1 N–H and O–H groups in total. The molecule has 2 aromatic rings. The molecule has 0 saturated carbocycles. The van der Waals surface area contributed by atoms with E-state index in [9.17, 15) is 19.7 Å². The van der Waals surface area contributed by atoms with Gasteiger partial charge in [0, 0.05) is 4.88 Å². The number of hydrogen-bond donors (Lipinski definition) is 1. The van der Waals surface area contributed by atoms with Crippen molar-refractivity contribution >= 4 is 34.0 Å². The fourth-order valence-electron chi connectivity index (χ4n) is 3.02. The number of nitrogens with one attached hydrogen (secondary N) is 1. The Bertz CT molecular complexity index is 886. The van der Waals surface area contributed by atoms with Gasteiger partial charge in [0.25, 0.3) is 0 Å². The smallest absolute Gasteiger partial charge is 0.390 e. The average Bonchev–Trinajstić information content (AvgIpc) is 3.14. The van der Waals surface area contributed by atoms with Crippen molar-refractivity contribution < 1.29 is 19.2 Å². The highest BCUT2D eigenvalue weighted by atomic mass is 32.1. The molecule has 0 unspecified atom stereocenters. The lowest BCUT2D eigenvalue weighted by Gasteiger charge is -2.11. The van der Waals surface area contributed by atoms with Crippen molar-refractivity contribution in [1.82, 2.24) is 9.78 Å². The third kappa shape index (κ3) is 3.45. The van der Waals surface area contributed by atoms with Gasteiger partial charge in [-0.25, -0.2) is 4.79 Å². The number of thiophene rings is 1. The van der Waals surface area contributed by atoms with Crippen LogP contribution in [-0.4, -0.2) is 33.7 Å². The molecule has 0 spiro atoms. The second-order valence-electron chi connectivity index (χ2n) is 6.01. The van der Waals surface area contributed by atoms with Crippen LogP contribution in [0.25, 0.3) is 0 Å². The summed E-state index contributed by atoms with van der Waals surface area (Å²) in [5.74, 6) is -1.18. The lowest BCUT2D eigenvalue weighted by atomic mass is 9.95. The van der Waals surface area contributed by atoms with E-state index in [0.717, 1.165) is 36.1 Å². The van der Waals surface area contributed by atoms with Crippen molar-refractivity contribution in [3.8, 4) is 0 Å². The van der Waals surface area contributed by atoms with E-state index in [2.05, 4.69) is 10.4 Å². The van der Waals surface area contributed by atoms with Crippen LogP contribution in [0.4, 0.5) is 10.8 Å². The molecule has 1 aliphatic rings. The first-order valence-electron chi connectivity index (χ1n) is 8.12. The number of carbonyl (C=O) groups is 2. The van der Waals surface area contributed by atoms with E-state index in [1.807, 2.05) is 0 Å². The molecule has 2 aromatic heterocycles. The van der Waals surface area contributed by atoms with E-state index in [4.69, 9.17) is 4.74 Å². The van der Waals surface area contributed by atoms with Crippen molar-refractivity contribution in [3.63, 3.8) is 0 Å². The third-order valence-corrected chi connectivity index (χ3v) is 5.47. The lowest BCUT2D eigenvalue weighted by molar-refractivity contribution is -0.389. The largest absolute Gasteiger partial charge is 0.465 e. The van der Waals surface area contributed by atoms with Gasteiger partial charge in [0.2, 0.25) is 5.91 Å². The molecule has 0 atom stereocenters. The summed E-state index contributed by atoms with van der Waals surface area (Å²) >= 11 is 1.39. The van der Waals surface area contributed by atoms with Gasteiger partial charge in [0.1, 0.15) is 11.5 Å². The number of rotatable bonds is 5. The molecule has 0 aromatic carbocycles. The predicted octanol–water partition coefficient (Wildman–Crippen LogP) is 2.47. The number of nitrogens with zero attached hydrogens (tertiary/aromatic N) is 3. The Labute approximate surface area is 153 Å². The summed E-state index contributed by atoms with van der Waals surface area (Å²) in [4.78, 5) is 35.9. The average molecular weight is 378 g/mol. The second-order valence-corrected chi connectivity index (χ2v) is 7.12. The zero-order chi connectivity index (χ0) is 18.8. The van der Waals surface area contributed by atoms with E-state index in [1.54, 1.807) is 6.92 Å². The van der Waals surface area contributed by atoms with Gasteiger partial charge >= 0.3 is 11.8 Å². The van der Waals surface area contributed by atoms with E-state index in [-0.39, 0.29) is 12.4 Å². The number of anilines is 1. The van der Waals surface area contributed by atoms with Gasteiger partial charge in [0.05, 0.1) is 29.5 Å². The molecule has 2 heterocycles. The molecular formula is C16H18N4O5S. The van der Waals surface area contributed by atoms with Crippen LogP contribution in [0.15, 0.2) is 6.07 Å².